The van der Waals surface area contributed by atoms with Crippen molar-refractivity contribution in [3.63, 3.8) is 0 Å². The minimum absolute atomic E-state index is 0.112. The highest BCUT2D eigenvalue weighted by Crippen LogP contribution is 2.10. The molecule has 0 aromatic carbocycles. The van der Waals surface area contributed by atoms with Crippen LogP contribution in [0.2, 0.25) is 0 Å². The average Bonchev–Trinajstić information content (AvgIpc) is 2.52. The molecule has 5 heteroatoms. The van der Waals surface area contributed by atoms with Crippen LogP contribution in [-0.4, -0.2) is 24.3 Å². The number of nitrogens with one attached hydrogen (secondary N) is 1. The molecule has 1 aromatic rings. The minimum atomic E-state index is -0.112. The number of rotatable bonds is 4. The Bertz CT molecular complexity index is 236. The number of methoxy groups -OCH3 is 1. The predicted octanol–water partition coefficient (Wildman–Crippen LogP) is 0.496. The van der Waals surface area contributed by atoms with E-state index >= 15 is 0 Å². The molecular formula is C7H13N3O2. The summed E-state index contributed by atoms with van der Waals surface area (Å²) in [6, 6.07) is 0. The number of aromatic nitrogens is 2. The van der Waals surface area contributed by atoms with Crippen LogP contribution in [0.1, 0.15) is 24.7 Å². The van der Waals surface area contributed by atoms with E-state index in [4.69, 9.17) is 9.26 Å². The minimum Gasteiger partial charge on any atom is -0.374 e. The highest BCUT2D eigenvalue weighted by atomic mass is 16.5. The van der Waals surface area contributed by atoms with Gasteiger partial charge in [0.15, 0.2) is 5.82 Å². The van der Waals surface area contributed by atoms with Crippen molar-refractivity contribution in [1.29, 1.82) is 0 Å². The van der Waals surface area contributed by atoms with Crippen molar-refractivity contribution in [2.45, 2.75) is 19.6 Å². The molecule has 0 aliphatic heterocycles. The summed E-state index contributed by atoms with van der Waals surface area (Å²) in [7, 11) is 3.43. The molecule has 0 radical (unpaired) electrons. The summed E-state index contributed by atoms with van der Waals surface area (Å²) in [5.74, 6) is 1.17. The van der Waals surface area contributed by atoms with Gasteiger partial charge in [0.25, 0.3) is 0 Å². The standard InChI is InChI=1S/C7H13N3O2/c1-5(11-3)7-9-6(4-8-2)12-10-7/h5,8H,4H2,1-3H3/t5-/m0/s1. The van der Waals surface area contributed by atoms with Gasteiger partial charge >= 0.3 is 0 Å². The molecule has 0 aliphatic carbocycles. The van der Waals surface area contributed by atoms with Gasteiger partial charge in [-0.05, 0) is 14.0 Å². The Balaban J connectivity index is 2.63. The third-order valence-corrected chi connectivity index (χ3v) is 1.53. The van der Waals surface area contributed by atoms with Crippen molar-refractivity contribution in [2.24, 2.45) is 0 Å². The molecule has 0 fully saturated rings. The Morgan fingerprint density at radius 3 is 3.00 bits per heavy atom. The zero-order valence-electron chi connectivity index (χ0n) is 7.50. The smallest absolute Gasteiger partial charge is 0.240 e. The van der Waals surface area contributed by atoms with Gasteiger partial charge in [0, 0.05) is 7.11 Å². The van der Waals surface area contributed by atoms with Gasteiger partial charge in [0.1, 0.15) is 6.10 Å². The van der Waals surface area contributed by atoms with Gasteiger partial charge in [0.05, 0.1) is 6.54 Å². The fourth-order valence-electron chi connectivity index (χ4n) is 0.762. The first-order valence-corrected chi connectivity index (χ1v) is 3.77. The maximum absolute atomic E-state index is 5.02. The number of hydrogen-bond acceptors (Lipinski definition) is 5. The fourth-order valence-corrected chi connectivity index (χ4v) is 0.762. The lowest BCUT2D eigenvalue weighted by molar-refractivity contribution is 0.109. The van der Waals surface area contributed by atoms with Crippen molar-refractivity contribution < 1.29 is 9.26 Å². The van der Waals surface area contributed by atoms with Crippen LogP contribution in [0.25, 0.3) is 0 Å². The highest BCUT2D eigenvalue weighted by molar-refractivity contribution is 4.89. The molecule has 0 unspecified atom stereocenters. The zero-order chi connectivity index (χ0) is 8.97. The topological polar surface area (TPSA) is 60.2 Å². The van der Waals surface area contributed by atoms with Crippen LogP contribution in [0.4, 0.5) is 0 Å². The van der Waals surface area contributed by atoms with E-state index in [-0.39, 0.29) is 6.10 Å². The third kappa shape index (κ3) is 2.02. The van der Waals surface area contributed by atoms with Crippen LogP contribution in [0.15, 0.2) is 4.52 Å². The van der Waals surface area contributed by atoms with Crippen LogP contribution in [0.5, 0.6) is 0 Å². The van der Waals surface area contributed by atoms with Crippen molar-refractivity contribution in [3.8, 4) is 0 Å². The Kier molecular flexibility index (Phi) is 3.19. The lowest BCUT2D eigenvalue weighted by atomic mass is 10.4. The first-order chi connectivity index (χ1) is 5.77. The van der Waals surface area contributed by atoms with E-state index in [9.17, 15) is 0 Å². The summed E-state index contributed by atoms with van der Waals surface area (Å²) in [4.78, 5) is 4.11. The Hall–Kier alpha value is -0.940. The van der Waals surface area contributed by atoms with Gasteiger partial charge < -0.3 is 14.6 Å². The van der Waals surface area contributed by atoms with E-state index in [1.54, 1.807) is 7.11 Å². The van der Waals surface area contributed by atoms with Crippen LogP contribution in [0, 0.1) is 0 Å². The van der Waals surface area contributed by atoms with Crippen LogP contribution in [0.3, 0.4) is 0 Å². The highest BCUT2D eigenvalue weighted by Gasteiger charge is 2.11. The molecule has 0 bridgehead atoms. The molecule has 1 atom stereocenters. The summed E-state index contributed by atoms with van der Waals surface area (Å²) in [6.07, 6.45) is -0.112. The average molecular weight is 171 g/mol. The first kappa shape index (κ1) is 9.15. The Morgan fingerprint density at radius 2 is 2.42 bits per heavy atom. The molecule has 0 saturated carbocycles. The van der Waals surface area contributed by atoms with E-state index in [0.29, 0.717) is 18.3 Å². The number of nitrogens with zero attached hydrogens (tertiary/aromatic N) is 2. The second kappa shape index (κ2) is 4.18. The van der Waals surface area contributed by atoms with Crippen molar-refractivity contribution in [3.05, 3.63) is 11.7 Å². The van der Waals surface area contributed by atoms with Crippen LogP contribution in [-0.2, 0) is 11.3 Å². The van der Waals surface area contributed by atoms with Gasteiger partial charge in [-0.25, -0.2) is 0 Å². The lowest BCUT2D eigenvalue weighted by Crippen LogP contribution is -2.05. The molecule has 68 valence electrons. The summed E-state index contributed by atoms with van der Waals surface area (Å²) in [5.41, 5.74) is 0. The maximum atomic E-state index is 5.02. The summed E-state index contributed by atoms with van der Waals surface area (Å²) in [5, 5.41) is 6.67. The van der Waals surface area contributed by atoms with Crippen molar-refractivity contribution in [1.82, 2.24) is 15.5 Å². The quantitative estimate of drug-likeness (QED) is 0.714. The second-order valence-corrected chi connectivity index (χ2v) is 2.45. The molecule has 5 nitrogen and oxygen atoms in total. The van der Waals surface area contributed by atoms with Crippen LogP contribution < -0.4 is 5.32 Å². The fraction of sp³-hybridized carbons (Fsp3) is 0.714. The van der Waals surface area contributed by atoms with E-state index in [1.165, 1.54) is 0 Å². The van der Waals surface area contributed by atoms with Crippen molar-refractivity contribution in [2.75, 3.05) is 14.2 Å². The molecule has 1 aromatic heterocycles. The predicted molar refractivity (Wildman–Crippen MR) is 42.5 cm³/mol. The van der Waals surface area contributed by atoms with Crippen LogP contribution >= 0.6 is 0 Å². The van der Waals surface area contributed by atoms with E-state index in [1.807, 2.05) is 14.0 Å². The van der Waals surface area contributed by atoms with Gasteiger partial charge in [-0.3, -0.25) is 0 Å². The molecule has 0 aliphatic rings. The maximum Gasteiger partial charge on any atom is 0.240 e. The van der Waals surface area contributed by atoms with E-state index in [2.05, 4.69) is 15.5 Å². The molecule has 1 rings (SSSR count). The number of hydrogen-bond donors (Lipinski definition) is 1. The van der Waals surface area contributed by atoms with Gasteiger partial charge in [-0.2, -0.15) is 4.98 Å². The largest absolute Gasteiger partial charge is 0.374 e. The molecule has 12 heavy (non-hydrogen) atoms. The summed E-state index contributed by atoms with van der Waals surface area (Å²) < 4.78 is 9.95. The molecular weight excluding hydrogens is 158 g/mol. The number of ether oxygens (including phenoxy) is 1. The van der Waals surface area contributed by atoms with Gasteiger partial charge in [-0.1, -0.05) is 5.16 Å². The summed E-state index contributed by atoms with van der Waals surface area (Å²) >= 11 is 0. The van der Waals surface area contributed by atoms with Crippen molar-refractivity contribution >= 4 is 0 Å². The molecule has 1 heterocycles. The Morgan fingerprint density at radius 1 is 1.67 bits per heavy atom. The first-order valence-electron chi connectivity index (χ1n) is 3.77. The third-order valence-electron chi connectivity index (χ3n) is 1.53. The normalized spacial score (nSPS) is 13.2. The SMILES string of the molecule is CNCc1nc([C@H](C)OC)no1. The van der Waals surface area contributed by atoms with E-state index in [0.717, 1.165) is 0 Å². The van der Waals surface area contributed by atoms with Gasteiger partial charge in [-0.15, -0.1) is 0 Å². The monoisotopic (exact) mass is 171 g/mol. The van der Waals surface area contributed by atoms with E-state index < -0.39 is 0 Å². The molecule has 1 N–H and O–H groups in total. The van der Waals surface area contributed by atoms with Gasteiger partial charge in [0.2, 0.25) is 5.89 Å². The molecule has 0 amide bonds. The zero-order valence-corrected chi connectivity index (χ0v) is 7.50. The molecule has 0 spiro atoms. The lowest BCUT2D eigenvalue weighted by Gasteiger charge is -2.00. The second-order valence-electron chi connectivity index (χ2n) is 2.45. The molecule has 0 saturated heterocycles. The Labute approximate surface area is 71.1 Å². The summed E-state index contributed by atoms with van der Waals surface area (Å²) in [6.45, 7) is 2.46.